The van der Waals surface area contributed by atoms with Gasteiger partial charge in [-0.15, -0.1) is 0 Å². The molecule has 4 N–H and O–H groups in total. The lowest BCUT2D eigenvalue weighted by Gasteiger charge is -2.24. The topological polar surface area (TPSA) is 116 Å². The maximum absolute atomic E-state index is 12.8. The molecule has 1 aromatic heterocycles. The standard InChI is InChI=1S/C26H30N4O4/c1-26(2,3)34-24(31)22(30-25(32)33-17-19-8-5-4-6-9-19)16-18-11-13-20(14-12-18)29-23-21(27)10-7-15-28-23/h4-15,22H,16-17,27H2,1-3H3,(H,28,29)(H,30,32)/t22-/m1/s1. The molecule has 2 aromatic carbocycles. The van der Waals surface area contributed by atoms with Gasteiger partial charge in [0.15, 0.2) is 5.82 Å². The summed E-state index contributed by atoms with van der Waals surface area (Å²) in [7, 11) is 0. The highest BCUT2D eigenvalue weighted by Gasteiger charge is 2.27. The van der Waals surface area contributed by atoms with Crippen molar-refractivity contribution in [2.24, 2.45) is 0 Å². The summed E-state index contributed by atoms with van der Waals surface area (Å²) in [5, 5.41) is 5.80. The van der Waals surface area contributed by atoms with E-state index in [1.54, 1.807) is 39.1 Å². The molecule has 8 heteroatoms. The second-order valence-electron chi connectivity index (χ2n) is 8.76. The van der Waals surface area contributed by atoms with Crippen LogP contribution in [0.2, 0.25) is 0 Å². The first-order valence-corrected chi connectivity index (χ1v) is 11.0. The Bertz CT molecular complexity index is 1100. The molecule has 0 radical (unpaired) electrons. The molecule has 0 unspecified atom stereocenters. The molecule has 0 saturated carbocycles. The number of carbonyl (C=O) groups excluding carboxylic acids is 2. The fourth-order valence-electron chi connectivity index (χ4n) is 3.09. The summed E-state index contributed by atoms with van der Waals surface area (Å²) in [4.78, 5) is 29.4. The zero-order chi connectivity index (χ0) is 24.6. The van der Waals surface area contributed by atoms with E-state index in [1.165, 1.54) is 0 Å². The van der Waals surface area contributed by atoms with Gasteiger partial charge in [0, 0.05) is 18.3 Å². The molecule has 0 saturated heterocycles. The van der Waals surface area contributed by atoms with Crippen molar-refractivity contribution < 1.29 is 19.1 Å². The van der Waals surface area contributed by atoms with Gasteiger partial charge >= 0.3 is 12.1 Å². The van der Waals surface area contributed by atoms with E-state index < -0.39 is 23.7 Å². The molecule has 0 aliphatic heterocycles. The summed E-state index contributed by atoms with van der Waals surface area (Å²) in [6.07, 6.45) is 1.20. The number of anilines is 3. The van der Waals surface area contributed by atoms with Crippen molar-refractivity contribution >= 4 is 29.3 Å². The minimum atomic E-state index is -0.909. The lowest BCUT2D eigenvalue weighted by atomic mass is 10.0. The summed E-state index contributed by atoms with van der Waals surface area (Å²) in [5.41, 5.74) is 8.24. The maximum Gasteiger partial charge on any atom is 0.408 e. The minimum Gasteiger partial charge on any atom is -0.458 e. The van der Waals surface area contributed by atoms with Gasteiger partial charge in [0.05, 0.1) is 5.69 Å². The maximum atomic E-state index is 12.8. The van der Waals surface area contributed by atoms with Crippen LogP contribution in [0.1, 0.15) is 31.9 Å². The summed E-state index contributed by atoms with van der Waals surface area (Å²) >= 11 is 0. The van der Waals surface area contributed by atoms with E-state index in [0.717, 1.165) is 16.8 Å². The molecule has 1 amide bonds. The second kappa shape index (κ2) is 11.2. The number of nitrogens with zero attached hydrogens (tertiary/aromatic N) is 1. The second-order valence-corrected chi connectivity index (χ2v) is 8.76. The molecule has 34 heavy (non-hydrogen) atoms. The fourth-order valence-corrected chi connectivity index (χ4v) is 3.09. The predicted molar refractivity (Wildman–Crippen MR) is 131 cm³/mol. The van der Waals surface area contributed by atoms with E-state index in [-0.39, 0.29) is 13.0 Å². The molecule has 178 valence electrons. The number of hydrogen-bond donors (Lipinski definition) is 3. The first-order chi connectivity index (χ1) is 16.2. The van der Waals surface area contributed by atoms with Crippen LogP contribution in [0.15, 0.2) is 72.9 Å². The molecular weight excluding hydrogens is 432 g/mol. The Morgan fingerprint density at radius 3 is 2.32 bits per heavy atom. The van der Waals surface area contributed by atoms with E-state index in [0.29, 0.717) is 11.5 Å². The molecule has 0 spiro atoms. The molecule has 1 atom stereocenters. The lowest BCUT2D eigenvalue weighted by molar-refractivity contribution is -0.157. The Balaban J connectivity index is 1.66. The van der Waals surface area contributed by atoms with Crippen molar-refractivity contribution in [3.05, 3.63) is 84.1 Å². The number of hydrogen-bond acceptors (Lipinski definition) is 7. The zero-order valence-corrected chi connectivity index (χ0v) is 19.6. The van der Waals surface area contributed by atoms with E-state index >= 15 is 0 Å². The number of pyridine rings is 1. The number of alkyl carbamates (subject to hydrolysis) is 1. The Kier molecular flexibility index (Phi) is 8.08. The van der Waals surface area contributed by atoms with Crippen LogP contribution in [0.3, 0.4) is 0 Å². The quantitative estimate of drug-likeness (QED) is 0.419. The van der Waals surface area contributed by atoms with E-state index in [9.17, 15) is 9.59 Å². The average Bonchev–Trinajstić information content (AvgIpc) is 2.79. The van der Waals surface area contributed by atoms with Gasteiger partial charge in [-0.2, -0.15) is 0 Å². The van der Waals surface area contributed by atoms with E-state index in [2.05, 4.69) is 15.6 Å². The van der Waals surface area contributed by atoms with Crippen molar-refractivity contribution in [3.8, 4) is 0 Å². The van der Waals surface area contributed by atoms with Gasteiger partial charge in [-0.1, -0.05) is 42.5 Å². The zero-order valence-electron chi connectivity index (χ0n) is 19.6. The summed E-state index contributed by atoms with van der Waals surface area (Å²) in [6, 6.07) is 19.3. The third-order valence-electron chi connectivity index (χ3n) is 4.69. The number of nitrogens with two attached hydrogens (primary N) is 1. The average molecular weight is 463 g/mol. The van der Waals surface area contributed by atoms with Gasteiger partial charge in [0.1, 0.15) is 18.2 Å². The fraction of sp³-hybridized carbons (Fsp3) is 0.269. The van der Waals surface area contributed by atoms with Crippen molar-refractivity contribution in [2.45, 2.75) is 45.4 Å². The summed E-state index contributed by atoms with van der Waals surface area (Å²) < 4.78 is 10.8. The van der Waals surface area contributed by atoms with E-state index in [1.807, 2.05) is 54.6 Å². The Hall–Kier alpha value is -4.07. The van der Waals surface area contributed by atoms with Crippen LogP contribution in [0, 0.1) is 0 Å². The highest BCUT2D eigenvalue weighted by molar-refractivity contribution is 5.82. The SMILES string of the molecule is CC(C)(C)OC(=O)[C@@H](Cc1ccc(Nc2ncccc2N)cc1)NC(=O)OCc1ccccc1. The lowest BCUT2D eigenvalue weighted by Crippen LogP contribution is -2.45. The molecule has 0 aliphatic rings. The molecule has 8 nitrogen and oxygen atoms in total. The largest absolute Gasteiger partial charge is 0.458 e. The van der Waals surface area contributed by atoms with Gasteiger partial charge in [-0.25, -0.2) is 14.6 Å². The summed E-state index contributed by atoms with van der Waals surface area (Å²) in [6.45, 7) is 5.43. The number of amides is 1. The van der Waals surface area contributed by atoms with Crippen molar-refractivity contribution in [1.82, 2.24) is 10.3 Å². The van der Waals surface area contributed by atoms with Crippen LogP contribution in [0.25, 0.3) is 0 Å². The number of esters is 1. The third-order valence-corrected chi connectivity index (χ3v) is 4.69. The number of nitrogens with one attached hydrogen (secondary N) is 2. The first-order valence-electron chi connectivity index (χ1n) is 11.0. The van der Waals surface area contributed by atoms with Gasteiger partial charge in [0.25, 0.3) is 0 Å². The van der Waals surface area contributed by atoms with E-state index in [4.69, 9.17) is 15.2 Å². The monoisotopic (exact) mass is 462 g/mol. The smallest absolute Gasteiger partial charge is 0.408 e. The molecule has 3 aromatic rings. The van der Waals surface area contributed by atoms with Crippen LogP contribution >= 0.6 is 0 Å². The molecule has 1 heterocycles. The molecule has 3 rings (SSSR count). The van der Waals surface area contributed by atoms with Gasteiger partial charge in [-0.3, -0.25) is 0 Å². The number of carbonyl (C=O) groups is 2. The minimum absolute atomic E-state index is 0.102. The van der Waals surface area contributed by atoms with Crippen molar-refractivity contribution in [1.29, 1.82) is 0 Å². The molecule has 0 fully saturated rings. The predicted octanol–water partition coefficient (Wildman–Crippen LogP) is 4.59. The van der Waals surface area contributed by atoms with Gasteiger partial charge in [0.2, 0.25) is 0 Å². The highest BCUT2D eigenvalue weighted by Crippen LogP contribution is 2.21. The van der Waals surface area contributed by atoms with Crippen molar-refractivity contribution in [2.75, 3.05) is 11.1 Å². The van der Waals surface area contributed by atoms with Crippen molar-refractivity contribution in [3.63, 3.8) is 0 Å². The normalized spacial score (nSPS) is 11.9. The number of nitrogen functional groups attached to an aromatic ring is 1. The summed E-state index contributed by atoms with van der Waals surface area (Å²) in [5.74, 6) is 0.0253. The highest BCUT2D eigenvalue weighted by atomic mass is 16.6. The van der Waals surface area contributed by atoms with Gasteiger partial charge in [-0.05, 0) is 56.2 Å². The number of ether oxygens (including phenoxy) is 2. The molecule has 0 aliphatic carbocycles. The van der Waals surface area contributed by atoms with Crippen LogP contribution in [0.4, 0.5) is 22.0 Å². The number of rotatable bonds is 8. The number of benzene rings is 2. The number of aromatic nitrogens is 1. The Morgan fingerprint density at radius 2 is 1.68 bits per heavy atom. The van der Waals surface area contributed by atoms with Gasteiger partial charge < -0.3 is 25.8 Å². The van der Waals surface area contributed by atoms with Crippen LogP contribution in [0.5, 0.6) is 0 Å². The third kappa shape index (κ3) is 7.81. The van der Waals surface area contributed by atoms with Crippen LogP contribution in [-0.4, -0.2) is 28.7 Å². The van der Waals surface area contributed by atoms with Crippen LogP contribution < -0.4 is 16.4 Å². The Morgan fingerprint density at radius 1 is 0.971 bits per heavy atom. The molecular formula is C26H30N4O4. The first kappa shape index (κ1) is 24.6. The Labute approximate surface area is 199 Å². The van der Waals surface area contributed by atoms with Crippen LogP contribution in [-0.2, 0) is 27.3 Å². The molecule has 0 bridgehead atoms.